The molecular weight excluding hydrogens is 297 g/mol. The second-order valence-electron chi connectivity index (χ2n) is 2.91. The largest absolute Gasteiger partial charge is 0.439 e. The van der Waals surface area contributed by atoms with Gasteiger partial charge in [-0.25, -0.2) is 13.2 Å². The van der Waals surface area contributed by atoms with Gasteiger partial charge in [0.15, 0.2) is 0 Å². The van der Waals surface area contributed by atoms with E-state index in [9.17, 15) is 53.1 Å². The van der Waals surface area contributed by atoms with Gasteiger partial charge in [-0.3, -0.25) is 4.79 Å². The van der Waals surface area contributed by atoms with Gasteiger partial charge in [0, 0.05) is 0 Å². The Bertz CT molecular complexity index is 309. The Morgan fingerprint density at radius 3 is 1.17 bits per heavy atom. The van der Waals surface area contributed by atoms with E-state index in [4.69, 9.17) is 0 Å². The van der Waals surface area contributed by atoms with Gasteiger partial charge >= 0.3 is 30.4 Å². The molecule has 0 atom stereocenters. The summed E-state index contributed by atoms with van der Waals surface area (Å²) >= 11 is 0. The van der Waals surface area contributed by atoms with E-state index in [0.29, 0.717) is 0 Å². The monoisotopic (exact) mass is 298 g/mol. The highest BCUT2D eigenvalue weighted by Crippen LogP contribution is 2.50. The number of carbonyl (C=O) groups excluding carboxylic acids is 1. The van der Waals surface area contributed by atoms with Crippen LogP contribution in [0.1, 0.15) is 0 Å². The molecule has 0 aromatic heterocycles. The van der Waals surface area contributed by atoms with E-state index in [2.05, 4.69) is 0 Å². The van der Waals surface area contributed by atoms with E-state index in [1.54, 1.807) is 0 Å². The number of Topliss-reactive ketones (excluding diaryl/α,β-unsaturated/α-hetero) is 1. The van der Waals surface area contributed by atoms with Crippen molar-refractivity contribution < 1.29 is 53.1 Å². The van der Waals surface area contributed by atoms with Crippen molar-refractivity contribution in [2.24, 2.45) is 0 Å². The fraction of sp³-hybridized carbons (Fsp3) is 0.833. The molecule has 0 saturated heterocycles. The molecule has 0 amide bonds. The summed E-state index contributed by atoms with van der Waals surface area (Å²) in [7, 11) is 0. The molecule has 0 radical (unpaired) electrons. The van der Waals surface area contributed by atoms with Crippen molar-refractivity contribution in [3.63, 3.8) is 0 Å². The summed E-state index contributed by atoms with van der Waals surface area (Å²) < 4.78 is 130. The molecule has 0 rings (SSSR count). The van der Waals surface area contributed by atoms with E-state index in [0.717, 1.165) is 0 Å². The van der Waals surface area contributed by atoms with E-state index in [-0.39, 0.29) is 0 Å². The van der Waals surface area contributed by atoms with Crippen LogP contribution in [0.4, 0.5) is 48.3 Å². The van der Waals surface area contributed by atoms with Gasteiger partial charge in [-0.1, -0.05) is 0 Å². The highest BCUT2D eigenvalue weighted by molar-refractivity contribution is 5.95. The zero-order chi connectivity index (χ0) is 15.2. The highest BCUT2D eigenvalue weighted by atomic mass is 19.4. The van der Waals surface area contributed by atoms with Crippen LogP contribution in [0.2, 0.25) is 0 Å². The van der Waals surface area contributed by atoms with Crippen molar-refractivity contribution in [3.05, 3.63) is 0 Å². The van der Waals surface area contributed by atoms with Gasteiger partial charge < -0.3 is 0 Å². The minimum absolute atomic E-state index is 4.61. The topological polar surface area (TPSA) is 17.1 Å². The lowest BCUT2D eigenvalue weighted by Gasteiger charge is -2.30. The van der Waals surface area contributed by atoms with Crippen molar-refractivity contribution >= 4 is 5.78 Å². The number of carbonyl (C=O) groups is 1. The zero-order valence-electron chi connectivity index (χ0n) is 7.64. The van der Waals surface area contributed by atoms with Crippen LogP contribution >= 0.6 is 0 Å². The van der Waals surface area contributed by atoms with Crippen LogP contribution in [0, 0.1) is 0 Å². The molecule has 18 heavy (non-hydrogen) atoms. The Morgan fingerprint density at radius 1 is 0.722 bits per heavy atom. The average Bonchev–Trinajstić information content (AvgIpc) is 2.11. The molecule has 0 unspecified atom stereocenters. The predicted octanol–water partition coefficient (Wildman–Crippen LogP) is 3.29. The number of halogens is 11. The molecule has 0 aliphatic carbocycles. The molecule has 0 aliphatic rings. The summed E-state index contributed by atoms with van der Waals surface area (Å²) in [4.78, 5) is 10.2. The zero-order valence-corrected chi connectivity index (χ0v) is 7.64. The van der Waals surface area contributed by atoms with Crippen LogP contribution in [-0.2, 0) is 4.79 Å². The second kappa shape index (κ2) is 4.23. The standard InChI is InChI=1S/C6HF11O/c7-2(8)3(9,10)1(18)4(11,5(12,13)14)6(15,16)17/h2H. The minimum Gasteiger partial charge on any atom is -0.288 e. The molecule has 0 fully saturated rings. The van der Waals surface area contributed by atoms with Gasteiger partial charge in [0.25, 0.3) is 5.78 Å². The summed E-state index contributed by atoms with van der Waals surface area (Å²) in [5, 5.41) is 0. The van der Waals surface area contributed by atoms with Gasteiger partial charge in [0.1, 0.15) is 0 Å². The third-order valence-electron chi connectivity index (χ3n) is 1.67. The van der Waals surface area contributed by atoms with Gasteiger partial charge in [0.2, 0.25) is 0 Å². The number of hydrogen-bond acceptors (Lipinski definition) is 1. The third-order valence-corrected chi connectivity index (χ3v) is 1.67. The first kappa shape index (κ1) is 16.9. The van der Waals surface area contributed by atoms with Crippen LogP contribution in [0.25, 0.3) is 0 Å². The van der Waals surface area contributed by atoms with Gasteiger partial charge in [-0.2, -0.15) is 35.1 Å². The number of rotatable bonds is 3. The van der Waals surface area contributed by atoms with Crippen LogP contribution in [-0.4, -0.2) is 36.2 Å². The van der Waals surface area contributed by atoms with Crippen LogP contribution < -0.4 is 0 Å². The molecule has 12 heteroatoms. The predicted molar refractivity (Wildman–Crippen MR) is 31.9 cm³/mol. The number of hydrogen-bond donors (Lipinski definition) is 0. The Kier molecular flexibility index (Phi) is 3.97. The fourth-order valence-electron chi connectivity index (χ4n) is 0.747. The van der Waals surface area contributed by atoms with E-state index in [1.807, 2.05) is 0 Å². The molecule has 108 valence electrons. The molecule has 0 N–H and O–H groups in total. The summed E-state index contributed by atoms with van der Waals surface area (Å²) in [5.41, 5.74) is -7.07. The van der Waals surface area contributed by atoms with Crippen molar-refractivity contribution in [1.29, 1.82) is 0 Å². The maximum Gasteiger partial charge on any atom is 0.439 e. The summed E-state index contributed by atoms with van der Waals surface area (Å²) in [6.07, 6.45) is -19.5. The Morgan fingerprint density at radius 2 is 1.00 bits per heavy atom. The SMILES string of the molecule is O=C(C(F)(F)C(F)F)C(F)(C(F)(F)F)C(F)(F)F. The van der Waals surface area contributed by atoms with Gasteiger partial charge in [-0.15, -0.1) is 0 Å². The first-order valence-corrected chi connectivity index (χ1v) is 3.63. The van der Waals surface area contributed by atoms with Crippen LogP contribution in [0.15, 0.2) is 0 Å². The van der Waals surface area contributed by atoms with Crippen molar-refractivity contribution in [2.45, 2.75) is 30.4 Å². The molecule has 0 spiro atoms. The van der Waals surface area contributed by atoms with E-state index in [1.165, 1.54) is 0 Å². The van der Waals surface area contributed by atoms with Crippen molar-refractivity contribution in [3.8, 4) is 0 Å². The summed E-state index contributed by atoms with van der Waals surface area (Å²) in [6.45, 7) is 0. The number of alkyl halides is 11. The summed E-state index contributed by atoms with van der Waals surface area (Å²) in [5.74, 6) is -11.0. The lowest BCUT2D eigenvalue weighted by molar-refractivity contribution is -0.332. The third kappa shape index (κ3) is 2.36. The average molecular weight is 298 g/mol. The van der Waals surface area contributed by atoms with Gasteiger partial charge in [0.05, 0.1) is 0 Å². The van der Waals surface area contributed by atoms with Crippen molar-refractivity contribution in [2.75, 3.05) is 0 Å². The minimum atomic E-state index is -7.15. The van der Waals surface area contributed by atoms with Crippen molar-refractivity contribution in [1.82, 2.24) is 0 Å². The molecule has 1 nitrogen and oxygen atoms in total. The molecule has 0 saturated carbocycles. The smallest absolute Gasteiger partial charge is 0.288 e. The van der Waals surface area contributed by atoms with Crippen LogP contribution in [0.5, 0.6) is 0 Å². The second-order valence-corrected chi connectivity index (χ2v) is 2.91. The lowest BCUT2D eigenvalue weighted by Crippen LogP contribution is -2.64. The Labute approximate surface area is 90.5 Å². The first-order chi connectivity index (χ1) is 7.60. The molecular formula is C6HF11O. The molecule has 0 bridgehead atoms. The lowest BCUT2D eigenvalue weighted by atomic mass is 9.94. The highest BCUT2D eigenvalue weighted by Gasteiger charge is 2.81. The number of ketones is 1. The maximum atomic E-state index is 12.6. The molecule has 0 aliphatic heterocycles. The molecule has 0 aromatic carbocycles. The first-order valence-electron chi connectivity index (χ1n) is 3.63. The van der Waals surface area contributed by atoms with E-state index < -0.39 is 36.2 Å². The summed E-state index contributed by atoms with van der Waals surface area (Å²) in [6, 6.07) is 0. The quantitative estimate of drug-likeness (QED) is 0.731. The van der Waals surface area contributed by atoms with E-state index >= 15 is 0 Å². The maximum absolute atomic E-state index is 12.6. The Balaban J connectivity index is 5.90. The molecule has 0 heterocycles. The van der Waals surface area contributed by atoms with Gasteiger partial charge in [-0.05, 0) is 0 Å². The Hall–Kier alpha value is -1.10. The van der Waals surface area contributed by atoms with Crippen LogP contribution in [0.3, 0.4) is 0 Å². The fourth-order valence-corrected chi connectivity index (χ4v) is 0.747. The normalized spacial score (nSPS) is 15.1. The molecule has 0 aromatic rings.